The molecular weight excluding hydrogens is 152 g/mol. The highest BCUT2D eigenvalue weighted by molar-refractivity contribution is 5.74. The van der Waals surface area contributed by atoms with Gasteiger partial charge in [0.05, 0.1) is 18.2 Å². The van der Waals surface area contributed by atoms with E-state index >= 15 is 0 Å². The van der Waals surface area contributed by atoms with E-state index in [0.29, 0.717) is 5.69 Å². The summed E-state index contributed by atoms with van der Waals surface area (Å²) in [5.41, 5.74) is 7.97. The molecule has 62 valence electrons. The Balaban J connectivity index is 2.73. The number of rotatable bonds is 1. The number of pyridine rings is 1. The molecule has 0 radical (unpaired) electrons. The van der Waals surface area contributed by atoms with Crippen molar-refractivity contribution < 1.29 is 0 Å². The molecular formula is C8H10N4. The summed E-state index contributed by atoms with van der Waals surface area (Å²) >= 11 is 0. The van der Waals surface area contributed by atoms with Crippen LogP contribution in [0.25, 0.3) is 11.2 Å². The third kappa shape index (κ3) is 0.922. The predicted molar refractivity (Wildman–Crippen MR) is 47.6 cm³/mol. The van der Waals surface area contributed by atoms with E-state index in [1.165, 1.54) is 0 Å². The molecule has 0 fully saturated rings. The molecule has 0 aliphatic carbocycles. The topological polar surface area (TPSA) is 56.7 Å². The molecule has 0 bridgehead atoms. The Morgan fingerprint density at radius 2 is 2.33 bits per heavy atom. The molecule has 0 aromatic carbocycles. The average Bonchev–Trinajstić information content (AvgIpc) is 2.46. The Kier molecular flexibility index (Phi) is 1.46. The lowest BCUT2D eigenvalue weighted by molar-refractivity contribution is 0.778. The largest absolute Gasteiger partial charge is 0.397 e. The summed E-state index contributed by atoms with van der Waals surface area (Å²) in [6.45, 7) is 2.94. The third-order valence-electron chi connectivity index (χ3n) is 1.82. The second kappa shape index (κ2) is 2.48. The van der Waals surface area contributed by atoms with Crippen LogP contribution in [-0.4, -0.2) is 14.5 Å². The molecule has 0 amide bonds. The van der Waals surface area contributed by atoms with Crippen LogP contribution in [0, 0.1) is 0 Å². The third-order valence-corrected chi connectivity index (χ3v) is 1.82. The van der Waals surface area contributed by atoms with Crippen LogP contribution in [-0.2, 0) is 6.54 Å². The van der Waals surface area contributed by atoms with Gasteiger partial charge in [-0.1, -0.05) is 0 Å². The van der Waals surface area contributed by atoms with Crippen molar-refractivity contribution in [2.45, 2.75) is 13.5 Å². The molecule has 2 rings (SSSR count). The van der Waals surface area contributed by atoms with Gasteiger partial charge in [-0.3, -0.25) is 0 Å². The van der Waals surface area contributed by atoms with Crippen molar-refractivity contribution in [2.24, 2.45) is 0 Å². The first-order valence-electron chi connectivity index (χ1n) is 3.87. The van der Waals surface area contributed by atoms with Gasteiger partial charge in [0, 0.05) is 6.54 Å². The predicted octanol–water partition coefficient (Wildman–Crippen LogP) is 1.03. The van der Waals surface area contributed by atoms with Crippen molar-refractivity contribution >= 4 is 16.9 Å². The van der Waals surface area contributed by atoms with Crippen LogP contribution in [0.15, 0.2) is 18.6 Å². The van der Waals surface area contributed by atoms with Gasteiger partial charge in [0.1, 0.15) is 5.52 Å². The minimum Gasteiger partial charge on any atom is -0.397 e. The van der Waals surface area contributed by atoms with E-state index in [4.69, 9.17) is 5.73 Å². The molecule has 0 spiro atoms. The van der Waals surface area contributed by atoms with Crippen molar-refractivity contribution in [2.75, 3.05) is 5.73 Å². The molecule has 4 nitrogen and oxygen atoms in total. The molecule has 0 saturated heterocycles. The summed E-state index contributed by atoms with van der Waals surface area (Å²) in [7, 11) is 0. The van der Waals surface area contributed by atoms with Crippen LogP contribution < -0.4 is 5.73 Å². The second-order valence-electron chi connectivity index (χ2n) is 2.64. The molecule has 0 atom stereocenters. The fourth-order valence-electron chi connectivity index (χ4n) is 1.20. The SMILES string of the molecule is CCn1cnc2cc(N)cnc21. The lowest BCUT2D eigenvalue weighted by Crippen LogP contribution is -1.93. The maximum Gasteiger partial charge on any atom is 0.159 e. The van der Waals surface area contributed by atoms with Crippen molar-refractivity contribution in [1.29, 1.82) is 0 Å². The first-order chi connectivity index (χ1) is 5.81. The Labute approximate surface area is 70.0 Å². The van der Waals surface area contributed by atoms with Crippen LogP contribution in [0.1, 0.15) is 6.92 Å². The average molecular weight is 162 g/mol. The molecule has 2 heterocycles. The molecule has 4 heteroatoms. The van der Waals surface area contributed by atoms with E-state index < -0.39 is 0 Å². The normalized spacial score (nSPS) is 10.8. The Morgan fingerprint density at radius 3 is 3.08 bits per heavy atom. The molecule has 0 aliphatic heterocycles. The number of nitrogens with two attached hydrogens (primary N) is 1. The summed E-state index contributed by atoms with van der Waals surface area (Å²) in [5, 5.41) is 0. The Morgan fingerprint density at radius 1 is 1.50 bits per heavy atom. The quantitative estimate of drug-likeness (QED) is 0.681. The van der Waals surface area contributed by atoms with Gasteiger partial charge < -0.3 is 10.3 Å². The summed E-state index contributed by atoms with van der Waals surface area (Å²) < 4.78 is 1.98. The van der Waals surface area contributed by atoms with Crippen LogP contribution in [0.2, 0.25) is 0 Å². The summed E-state index contributed by atoms with van der Waals surface area (Å²) in [5.74, 6) is 0. The molecule has 12 heavy (non-hydrogen) atoms. The Bertz CT molecular complexity index is 404. The van der Waals surface area contributed by atoms with Crippen molar-refractivity contribution in [3.63, 3.8) is 0 Å². The molecule has 2 aromatic heterocycles. The standard InChI is InChI=1S/C8H10N4/c1-2-12-5-11-7-3-6(9)4-10-8(7)12/h3-5H,2,9H2,1H3. The fourth-order valence-corrected chi connectivity index (χ4v) is 1.20. The number of aromatic nitrogens is 3. The number of imidazole rings is 1. The molecule has 0 aliphatic rings. The summed E-state index contributed by atoms with van der Waals surface area (Å²) in [6, 6.07) is 1.83. The zero-order chi connectivity index (χ0) is 8.55. The van der Waals surface area contributed by atoms with E-state index in [1.54, 1.807) is 12.5 Å². The van der Waals surface area contributed by atoms with Crippen molar-refractivity contribution in [3.8, 4) is 0 Å². The van der Waals surface area contributed by atoms with E-state index in [1.807, 2.05) is 10.6 Å². The van der Waals surface area contributed by atoms with Gasteiger partial charge in [0.25, 0.3) is 0 Å². The summed E-state index contributed by atoms with van der Waals surface area (Å²) in [6.07, 6.45) is 3.42. The van der Waals surface area contributed by atoms with Crippen LogP contribution in [0.4, 0.5) is 5.69 Å². The number of nitrogens with zero attached hydrogens (tertiary/aromatic N) is 3. The second-order valence-corrected chi connectivity index (χ2v) is 2.64. The number of hydrogen-bond acceptors (Lipinski definition) is 3. The minimum atomic E-state index is 0.656. The van der Waals surface area contributed by atoms with E-state index in [0.717, 1.165) is 17.7 Å². The molecule has 2 N–H and O–H groups in total. The van der Waals surface area contributed by atoms with Crippen LogP contribution in [0.3, 0.4) is 0 Å². The number of fused-ring (bicyclic) bond motifs is 1. The molecule has 0 unspecified atom stereocenters. The van der Waals surface area contributed by atoms with Gasteiger partial charge in [-0.25, -0.2) is 9.97 Å². The smallest absolute Gasteiger partial charge is 0.159 e. The maximum atomic E-state index is 5.56. The van der Waals surface area contributed by atoms with E-state index in [9.17, 15) is 0 Å². The number of anilines is 1. The lowest BCUT2D eigenvalue weighted by Gasteiger charge is -1.96. The number of hydrogen-bond donors (Lipinski definition) is 1. The first kappa shape index (κ1) is 7.09. The highest BCUT2D eigenvalue weighted by Crippen LogP contribution is 2.12. The molecule has 2 aromatic rings. The van der Waals surface area contributed by atoms with Gasteiger partial charge in [-0.2, -0.15) is 0 Å². The van der Waals surface area contributed by atoms with E-state index in [2.05, 4.69) is 16.9 Å². The lowest BCUT2D eigenvalue weighted by atomic mass is 10.4. The van der Waals surface area contributed by atoms with E-state index in [-0.39, 0.29) is 0 Å². The van der Waals surface area contributed by atoms with Gasteiger partial charge >= 0.3 is 0 Å². The summed E-state index contributed by atoms with van der Waals surface area (Å²) in [4.78, 5) is 8.36. The monoisotopic (exact) mass is 162 g/mol. The van der Waals surface area contributed by atoms with Gasteiger partial charge in [0.15, 0.2) is 5.65 Å². The highest BCUT2D eigenvalue weighted by Gasteiger charge is 2.01. The molecule has 0 saturated carbocycles. The van der Waals surface area contributed by atoms with Gasteiger partial charge in [-0.05, 0) is 13.0 Å². The number of aryl methyl sites for hydroxylation is 1. The maximum absolute atomic E-state index is 5.56. The van der Waals surface area contributed by atoms with Crippen LogP contribution in [0.5, 0.6) is 0 Å². The van der Waals surface area contributed by atoms with Crippen LogP contribution >= 0.6 is 0 Å². The minimum absolute atomic E-state index is 0.656. The van der Waals surface area contributed by atoms with Gasteiger partial charge in [-0.15, -0.1) is 0 Å². The highest BCUT2D eigenvalue weighted by atomic mass is 15.1. The van der Waals surface area contributed by atoms with Gasteiger partial charge in [0.2, 0.25) is 0 Å². The Hall–Kier alpha value is -1.58. The zero-order valence-corrected chi connectivity index (χ0v) is 6.86. The van der Waals surface area contributed by atoms with Crippen molar-refractivity contribution in [1.82, 2.24) is 14.5 Å². The number of nitrogen functional groups attached to an aromatic ring is 1. The fraction of sp³-hybridized carbons (Fsp3) is 0.250. The first-order valence-corrected chi connectivity index (χ1v) is 3.87. The van der Waals surface area contributed by atoms with Crippen molar-refractivity contribution in [3.05, 3.63) is 18.6 Å². The zero-order valence-electron chi connectivity index (χ0n) is 6.86.